The minimum Gasteiger partial charge on any atom is -0.481 e. The third-order valence-corrected chi connectivity index (χ3v) is 6.09. The second-order valence-electron chi connectivity index (χ2n) is 7.76. The quantitative estimate of drug-likeness (QED) is 0.800. The number of fused-ring (bicyclic) bond motifs is 2. The summed E-state index contributed by atoms with van der Waals surface area (Å²) in [6.07, 6.45) is 7.89. The fourth-order valence-corrected chi connectivity index (χ4v) is 4.72. The van der Waals surface area contributed by atoms with Crippen LogP contribution in [-0.2, 0) is 9.59 Å². The van der Waals surface area contributed by atoms with Crippen LogP contribution in [0.4, 0.5) is 5.69 Å². The first-order chi connectivity index (χ1) is 13.0. The summed E-state index contributed by atoms with van der Waals surface area (Å²) in [7, 11) is 0. The van der Waals surface area contributed by atoms with Gasteiger partial charge in [0.2, 0.25) is 5.91 Å². The van der Waals surface area contributed by atoms with Gasteiger partial charge in [-0.2, -0.15) is 0 Å². The summed E-state index contributed by atoms with van der Waals surface area (Å²) >= 11 is 0. The van der Waals surface area contributed by atoms with E-state index in [0.717, 1.165) is 32.4 Å². The van der Waals surface area contributed by atoms with Crippen LogP contribution in [0.15, 0.2) is 36.4 Å². The summed E-state index contributed by atoms with van der Waals surface area (Å²) in [6, 6.07) is 6.88. The zero-order valence-corrected chi connectivity index (χ0v) is 15.1. The van der Waals surface area contributed by atoms with Gasteiger partial charge in [-0.1, -0.05) is 12.2 Å². The number of piperidine rings is 1. The second-order valence-corrected chi connectivity index (χ2v) is 7.76. The van der Waals surface area contributed by atoms with E-state index in [1.165, 1.54) is 6.42 Å². The zero-order chi connectivity index (χ0) is 19.0. The lowest BCUT2D eigenvalue weighted by atomic mass is 9.82. The molecule has 1 aromatic rings. The highest BCUT2D eigenvalue weighted by molar-refractivity contribution is 5.98. The summed E-state index contributed by atoms with van der Waals surface area (Å²) in [5.41, 5.74) is 1.20. The van der Waals surface area contributed by atoms with Crippen LogP contribution < -0.4 is 5.32 Å². The Kier molecular flexibility index (Phi) is 4.72. The molecule has 6 nitrogen and oxygen atoms in total. The van der Waals surface area contributed by atoms with Crippen molar-refractivity contribution < 1.29 is 19.5 Å². The average molecular weight is 368 g/mol. The molecule has 2 bridgehead atoms. The van der Waals surface area contributed by atoms with E-state index in [9.17, 15) is 19.5 Å². The molecule has 4 atom stereocenters. The van der Waals surface area contributed by atoms with Crippen molar-refractivity contribution in [3.05, 3.63) is 42.0 Å². The Hall–Kier alpha value is -2.63. The molecule has 1 saturated heterocycles. The molecule has 1 aromatic carbocycles. The number of amides is 2. The van der Waals surface area contributed by atoms with Crippen molar-refractivity contribution in [1.29, 1.82) is 0 Å². The van der Waals surface area contributed by atoms with Gasteiger partial charge in [0.1, 0.15) is 0 Å². The zero-order valence-electron chi connectivity index (χ0n) is 15.1. The number of carbonyl (C=O) groups excluding carboxylic acids is 2. The number of benzene rings is 1. The maximum absolute atomic E-state index is 12.7. The number of carbonyl (C=O) groups is 3. The predicted molar refractivity (Wildman–Crippen MR) is 100 cm³/mol. The maximum atomic E-state index is 12.7. The summed E-state index contributed by atoms with van der Waals surface area (Å²) < 4.78 is 0. The topological polar surface area (TPSA) is 86.7 Å². The van der Waals surface area contributed by atoms with Gasteiger partial charge in [0.25, 0.3) is 5.91 Å². The number of rotatable bonds is 4. The number of carboxylic acid groups (broad SMARTS) is 1. The van der Waals surface area contributed by atoms with Gasteiger partial charge in [-0.15, -0.1) is 0 Å². The molecule has 2 fully saturated rings. The SMILES string of the molecule is O=C(O)[C@@H]1[C@@H](C(=O)Nc2ccc(C(=O)N3CCCCC3)cc2)[C@H]2C=C[C@H]1C2. The van der Waals surface area contributed by atoms with Crippen LogP contribution in [0.25, 0.3) is 0 Å². The van der Waals surface area contributed by atoms with Crippen LogP contribution in [0, 0.1) is 23.7 Å². The molecule has 0 radical (unpaired) electrons. The Balaban J connectivity index is 1.42. The first-order valence-electron chi connectivity index (χ1n) is 9.66. The molecule has 0 aromatic heterocycles. The van der Waals surface area contributed by atoms with E-state index >= 15 is 0 Å². The number of anilines is 1. The largest absolute Gasteiger partial charge is 0.481 e. The Labute approximate surface area is 158 Å². The van der Waals surface area contributed by atoms with E-state index < -0.39 is 17.8 Å². The first kappa shape index (κ1) is 17.8. The van der Waals surface area contributed by atoms with E-state index in [2.05, 4.69) is 5.32 Å². The number of hydrogen-bond donors (Lipinski definition) is 2. The lowest BCUT2D eigenvalue weighted by molar-refractivity contribution is -0.146. The number of aliphatic carboxylic acids is 1. The summed E-state index contributed by atoms with van der Waals surface area (Å²) in [5.74, 6) is -2.38. The highest BCUT2D eigenvalue weighted by Crippen LogP contribution is 2.48. The summed E-state index contributed by atoms with van der Waals surface area (Å²) in [6.45, 7) is 1.59. The molecule has 0 spiro atoms. The van der Waals surface area contributed by atoms with Crippen molar-refractivity contribution in [3.8, 4) is 0 Å². The van der Waals surface area contributed by atoms with Crippen molar-refractivity contribution in [1.82, 2.24) is 4.90 Å². The molecule has 2 amide bonds. The van der Waals surface area contributed by atoms with Crippen LogP contribution >= 0.6 is 0 Å². The average Bonchev–Trinajstić information content (AvgIpc) is 3.30. The molecule has 1 saturated carbocycles. The van der Waals surface area contributed by atoms with E-state index in [1.54, 1.807) is 24.3 Å². The molecular formula is C21H24N2O4. The fraction of sp³-hybridized carbons (Fsp3) is 0.476. The van der Waals surface area contributed by atoms with Crippen molar-refractivity contribution in [3.63, 3.8) is 0 Å². The van der Waals surface area contributed by atoms with Crippen LogP contribution in [0.3, 0.4) is 0 Å². The standard InChI is InChI=1S/C21H24N2O4/c24-19(17-14-4-5-15(12-14)18(17)21(26)27)22-16-8-6-13(7-9-16)20(25)23-10-2-1-3-11-23/h4-9,14-15,17-18H,1-3,10-12H2,(H,22,24)(H,26,27)/t14-,15-,17-,18-/m0/s1. The maximum Gasteiger partial charge on any atom is 0.307 e. The van der Waals surface area contributed by atoms with Crippen LogP contribution in [0.1, 0.15) is 36.0 Å². The minimum atomic E-state index is -0.908. The Morgan fingerprint density at radius 3 is 2.19 bits per heavy atom. The number of carboxylic acids is 1. The van der Waals surface area contributed by atoms with Gasteiger partial charge in [0, 0.05) is 24.3 Å². The second kappa shape index (κ2) is 7.18. The van der Waals surface area contributed by atoms with Gasteiger partial charge in [0.15, 0.2) is 0 Å². The van der Waals surface area contributed by atoms with Gasteiger partial charge >= 0.3 is 5.97 Å². The monoisotopic (exact) mass is 368 g/mol. The predicted octanol–water partition coefficient (Wildman–Crippen LogP) is 2.77. The van der Waals surface area contributed by atoms with Crippen molar-refractivity contribution >= 4 is 23.5 Å². The van der Waals surface area contributed by atoms with Crippen LogP contribution in [-0.4, -0.2) is 40.9 Å². The number of hydrogen-bond acceptors (Lipinski definition) is 3. The van der Waals surface area contributed by atoms with E-state index in [4.69, 9.17) is 0 Å². The molecule has 142 valence electrons. The normalized spacial score (nSPS) is 29.0. The van der Waals surface area contributed by atoms with Crippen molar-refractivity contribution in [2.24, 2.45) is 23.7 Å². The Morgan fingerprint density at radius 2 is 1.56 bits per heavy atom. The van der Waals surface area contributed by atoms with Crippen LogP contribution in [0.2, 0.25) is 0 Å². The summed E-state index contributed by atoms with van der Waals surface area (Å²) in [5, 5.41) is 12.3. The minimum absolute atomic E-state index is 0.00366. The van der Waals surface area contributed by atoms with E-state index in [1.807, 2.05) is 17.1 Å². The molecule has 2 aliphatic carbocycles. The molecule has 1 heterocycles. The molecule has 2 N–H and O–H groups in total. The van der Waals surface area contributed by atoms with Crippen LogP contribution in [0.5, 0.6) is 0 Å². The Bertz CT molecular complexity index is 780. The number of likely N-dealkylation sites (tertiary alicyclic amines) is 1. The smallest absolute Gasteiger partial charge is 0.307 e. The molecule has 3 aliphatic rings. The molecule has 27 heavy (non-hydrogen) atoms. The fourth-order valence-electron chi connectivity index (χ4n) is 4.72. The third kappa shape index (κ3) is 3.36. The van der Waals surface area contributed by atoms with Gasteiger partial charge in [-0.05, 0) is 61.8 Å². The molecule has 6 heteroatoms. The summed E-state index contributed by atoms with van der Waals surface area (Å²) in [4.78, 5) is 38.7. The Morgan fingerprint density at radius 1 is 0.926 bits per heavy atom. The van der Waals surface area contributed by atoms with Crippen molar-refractivity contribution in [2.45, 2.75) is 25.7 Å². The molecule has 4 rings (SSSR count). The van der Waals surface area contributed by atoms with E-state index in [0.29, 0.717) is 11.3 Å². The van der Waals surface area contributed by atoms with Crippen molar-refractivity contribution in [2.75, 3.05) is 18.4 Å². The highest BCUT2D eigenvalue weighted by atomic mass is 16.4. The van der Waals surface area contributed by atoms with E-state index in [-0.39, 0.29) is 23.7 Å². The lowest BCUT2D eigenvalue weighted by Gasteiger charge is -2.27. The highest BCUT2D eigenvalue weighted by Gasteiger charge is 2.51. The third-order valence-electron chi connectivity index (χ3n) is 6.09. The molecular weight excluding hydrogens is 344 g/mol. The lowest BCUT2D eigenvalue weighted by Crippen LogP contribution is -2.36. The number of nitrogens with one attached hydrogen (secondary N) is 1. The first-order valence-corrected chi connectivity index (χ1v) is 9.66. The van der Waals surface area contributed by atoms with Gasteiger partial charge < -0.3 is 15.3 Å². The molecule has 0 unspecified atom stereocenters. The number of allylic oxidation sites excluding steroid dienone is 2. The number of nitrogens with zero attached hydrogens (tertiary/aromatic N) is 1. The van der Waals surface area contributed by atoms with Gasteiger partial charge in [-0.3, -0.25) is 14.4 Å². The van der Waals surface area contributed by atoms with Gasteiger partial charge in [0.05, 0.1) is 11.8 Å². The van der Waals surface area contributed by atoms with Gasteiger partial charge in [-0.25, -0.2) is 0 Å². The molecule has 1 aliphatic heterocycles.